The number of pyridine rings is 1. The van der Waals surface area contributed by atoms with Crippen LogP contribution in [-0.2, 0) is 0 Å². The van der Waals surface area contributed by atoms with Gasteiger partial charge in [0.25, 0.3) is 0 Å². The summed E-state index contributed by atoms with van der Waals surface area (Å²) in [7, 11) is 0. The van der Waals surface area contributed by atoms with E-state index >= 15 is 0 Å². The zero-order valence-corrected chi connectivity index (χ0v) is 16.0. The summed E-state index contributed by atoms with van der Waals surface area (Å²) in [5, 5.41) is 17.0. The Labute approximate surface area is 167 Å². The van der Waals surface area contributed by atoms with Gasteiger partial charge >= 0.3 is 0 Å². The molecule has 7 heteroatoms. The average molecular weight is 382 g/mol. The van der Waals surface area contributed by atoms with E-state index in [4.69, 9.17) is 4.63 Å². The third-order valence-electron chi connectivity index (χ3n) is 4.80. The van der Waals surface area contributed by atoms with Gasteiger partial charge in [0.1, 0.15) is 11.3 Å². The largest absolute Gasteiger partial charge is 0.276 e. The molecule has 3 aromatic heterocycles. The molecule has 0 aliphatic heterocycles. The first-order valence-corrected chi connectivity index (χ1v) is 9.41. The highest BCUT2D eigenvalue weighted by molar-refractivity contribution is 5.83. The number of fused-ring (bicyclic) bond motifs is 1. The zero-order chi connectivity index (χ0) is 19.8. The van der Waals surface area contributed by atoms with Gasteiger partial charge in [-0.2, -0.15) is 0 Å². The normalized spacial score (nSPS) is 11.4. The average Bonchev–Trinajstić information content (AvgIpc) is 3.41. The van der Waals surface area contributed by atoms with Gasteiger partial charge in [0, 0.05) is 23.2 Å². The minimum absolute atomic E-state index is 0.169. The van der Waals surface area contributed by atoms with E-state index in [9.17, 15) is 0 Å². The highest BCUT2D eigenvalue weighted by Gasteiger charge is 2.21. The maximum absolute atomic E-state index is 4.95. The Hall–Kier alpha value is -3.87. The molecule has 29 heavy (non-hydrogen) atoms. The van der Waals surface area contributed by atoms with Gasteiger partial charge in [-0.1, -0.05) is 50.2 Å². The van der Waals surface area contributed by atoms with Crippen molar-refractivity contribution in [3.05, 3.63) is 72.7 Å². The lowest BCUT2D eigenvalue weighted by atomic mass is 10.1. The molecule has 0 aliphatic carbocycles. The number of hydrogen-bond acceptors (Lipinski definition) is 6. The van der Waals surface area contributed by atoms with Crippen molar-refractivity contribution in [2.45, 2.75) is 19.8 Å². The Morgan fingerprint density at radius 2 is 1.69 bits per heavy atom. The van der Waals surface area contributed by atoms with Crippen LogP contribution < -0.4 is 0 Å². The van der Waals surface area contributed by atoms with Gasteiger partial charge in [-0.3, -0.25) is 9.55 Å². The highest BCUT2D eigenvalue weighted by Crippen LogP contribution is 2.30. The lowest BCUT2D eigenvalue weighted by Gasteiger charge is -2.12. The van der Waals surface area contributed by atoms with Crippen LogP contribution in [0.1, 0.15) is 25.6 Å². The number of benzene rings is 2. The summed E-state index contributed by atoms with van der Waals surface area (Å²) in [5.41, 5.74) is 5.05. The lowest BCUT2D eigenvalue weighted by molar-refractivity contribution is 0.315. The molecule has 5 aromatic rings. The summed E-state index contributed by atoms with van der Waals surface area (Å²) in [6.45, 7) is 4.17. The fraction of sp³-hybridized carbons (Fsp3) is 0.136. The van der Waals surface area contributed by atoms with Crippen LogP contribution in [0.15, 0.2) is 71.5 Å². The maximum Gasteiger partial charge on any atom is 0.170 e. The minimum Gasteiger partial charge on any atom is -0.276 e. The molecule has 3 heterocycles. The first kappa shape index (κ1) is 17.2. The third kappa shape index (κ3) is 2.97. The van der Waals surface area contributed by atoms with E-state index in [0.29, 0.717) is 16.9 Å². The van der Waals surface area contributed by atoms with Gasteiger partial charge in [-0.15, -0.1) is 10.2 Å². The summed E-state index contributed by atoms with van der Waals surface area (Å²) in [5.74, 6) is 1.71. The van der Waals surface area contributed by atoms with Gasteiger partial charge in [0.2, 0.25) is 0 Å². The van der Waals surface area contributed by atoms with Crippen molar-refractivity contribution < 1.29 is 4.63 Å². The van der Waals surface area contributed by atoms with E-state index in [1.165, 1.54) is 0 Å². The second kappa shape index (κ2) is 6.94. The number of nitrogens with zero attached hydrogens (tertiary/aromatic N) is 6. The minimum atomic E-state index is 0.169. The van der Waals surface area contributed by atoms with Crippen LogP contribution in [-0.4, -0.2) is 30.1 Å². The Morgan fingerprint density at radius 3 is 2.45 bits per heavy atom. The summed E-state index contributed by atoms with van der Waals surface area (Å²) in [4.78, 5) is 4.64. The Balaban J connectivity index is 1.66. The van der Waals surface area contributed by atoms with Crippen LogP contribution in [0, 0.1) is 0 Å². The number of aromatic nitrogens is 6. The second-order valence-electron chi connectivity index (χ2n) is 7.08. The van der Waals surface area contributed by atoms with Gasteiger partial charge in [0.05, 0.1) is 11.4 Å². The van der Waals surface area contributed by atoms with Crippen molar-refractivity contribution in [1.29, 1.82) is 0 Å². The van der Waals surface area contributed by atoms with Crippen LogP contribution in [0.5, 0.6) is 0 Å². The lowest BCUT2D eigenvalue weighted by Crippen LogP contribution is -2.05. The molecule has 5 rings (SSSR count). The fourth-order valence-corrected chi connectivity index (χ4v) is 3.37. The molecule has 0 saturated heterocycles. The van der Waals surface area contributed by atoms with E-state index in [-0.39, 0.29) is 5.92 Å². The summed E-state index contributed by atoms with van der Waals surface area (Å²) < 4.78 is 6.96. The first-order chi connectivity index (χ1) is 14.2. The molecule has 0 atom stereocenters. The smallest absolute Gasteiger partial charge is 0.170 e. The predicted octanol–water partition coefficient (Wildman–Crippen LogP) is 4.66. The quantitative estimate of drug-likeness (QED) is 0.450. The van der Waals surface area contributed by atoms with Crippen molar-refractivity contribution >= 4 is 11.0 Å². The Bertz CT molecular complexity index is 1270. The molecule has 0 bridgehead atoms. The molecular weight excluding hydrogens is 364 g/mol. The Kier molecular flexibility index (Phi) is 4.13. The maximum atomic E-state index is 4.95. The van der Waals surface area contributed by atoms with Crippen LogP contribution in [0.25, 0.3) is 39.4 Å². The summed E-state index contributed by atoms with van der Waals surface area (Å²) in [6, 6.07) is 19.9. The van der Waals surface area contributed by atoms with Crippen molar-refractivity contribution in [1.82, 2.24) is 30.1 Å². The molecule has 0 amide bonds. The molecule has 0 fully saturated rings. The molecule has 0 unspecified atom stereocenters. The highest BCUT2D eigenvalue weighted by atomic mass is 16.6. The topological polar surface area (TPSA) is 82.5 Å². The van der Waals surface area contributed by atoms with Crippen molar-refractivity contribution in [2.75, 3.05) is 0 Å². The van der Waals surface area contributed by atoms with Gasteiger partial charge in [-0.05, 0) is 34.6 Å². The van der Waals surface area contributed by atoms with Crippen molar-refractivity contribution in [3.8, 4) is 28.3 Å². The van der Waals surface area contributed by atoms with E-state index in [1.54, 1.807) is 0 Å². The molecule has 0 N–H and O–H groups in total. The number of hydrogen-bond donors (Lipinski definition) is 0. The van der Waals surface area contributed by atoms with Crippen LogP contribution >= 0.6 is 0 Å². The van der Waals surface area contributed by atoms with E-state index in [2.05, 4.69) is 39.3 Å². The van der Waals surface area contributed by atoms with E-state index in [1.807, 2.05) is 71.4 Å². The molecule has 142 valence electrons. The summed E-state index contributed by atoms with van der Waals surface area (Å²) in [6.07, 6.45) is 1.83. The molecule has 0 saturated carbocycles. The Morgan fingerprint density at radius 1 is 0.828 bits per heavy atom. The number of rotatable bonds is 4. The second-order valence-corrected chi connectivity index (χ2v) is 7.08. The monoisotopic (exact) mass is 382 g/mol. The van der Waals surface area contributed by atoms with Crippen LogP contribution in [0.3, 0.4) is 0 Å². The van der Waals surface area contributed by atoms with E-state index < -0.39 is 0 Å². The van der Waals surface area contributed by atoms with Crippen molar-refractivity contribution in [2.24, 2.45) is 0 Å². The standard InChI is InChI=1S/C22H18N6O/c1-14(2)21-24-25-22(28(21)19-10-6-9-18-20(19)27-29-26-18)16-11-12-17(23-13-16)15-7-4-3-5-8-15/h3-14H,1-2H3. The zero-order valence-electron chi connectivity index (χ0n) is 16.0. The molecule has 0 radical (unpaired) electrons. The third-order valence-corrected chi connectivity index (χ3v) is 4.80. The molecule has 2 aromatic carbocycles. The van der Waals surface area contributed by atoms with Crippen molar-refractivity contribution in [3.63, 3.8) is 0 Å². The van der Waals surface area contributed by atoms with Gasteiger partial charge in [0.15, 0.2) is 11.3 Å². The summed E-state index contributed by atoms with van der Waals surface area (Å²) >= 11 is 0. The molecule has 0 aliphatic rings. The van der Waals surface area contributed by atoms with Crippen LogP contribution in [0.2, 0.25) is 0 Å². The SMILES string of the molecule is CC(C)c1nnc(-c2ccc(-c3ccccc3)nc2)n1-c1cccc2nonc12. The molecular formula is C22H18N6O. The molecule has 0 spiro atoms. The predicted molar refractivity (Wildman–Crippen MR) is 109 cm³/mol. The fourth-order valence-electron chi connectivity index (χ4n) is 3.37. The van der Waals surface area contributed by atoms with E-state index in [0.717, 1.165) is 28.3 Å². The van der Waals surface area contributed by atoms with Gasteiger partial charge < -0.3 is 0 Å². The van der Waals surface area contributed by atoms with Crippen LogP contribution in [0.4, 0.5) is 0 Å². The van der Waals surface area contributed by atoms with Gasteiger partial charge in [-0.25, -0.2) is 4.63 Å². The first-order valence-electron chi connectivity index (χ1n) is 9.41. The molecule has 7 nitrogen and oxygen atoms in total.